The quantitative estimate of drug-likeness (QED) is 0.485. The van der Waals surface area contributed by atoms with Crippen molar-refractivity contribution in [3.8, 4) is 0 Å². The van der Waals surface area contributed by atoms with Crippen molar-refractivity contribution < 1.29 is 22.7 Å². The molecule has 0 bridgehead atoms. The molecule has 0 aromatic heterocycles. The zero-order chi connectivity index (χ0) is 20.7. The Morgan fingerprint density at radius 1 is 1.21 bits per heavy atom. The van der Waals surface area contributed by atoms with Gasteiger partial charge < -0.3 is 15.4 Å². The largest absolute Gasteiger partial charge is 0.385 e. The highest BCUT2D eigenvalue weighted by atomic mass is 32.2. The van der Waals surface area contributed by atoms with Gasteiger partial charge in [-0.25, -0.2) is 8.42 Å². The SMILES string of the molecule is COCCCNC(=O)C(=O)NC[C@@H]1CCCN1S(=O)(=O)c1cc(C)ccc1C. The average molecular weight is 412 g/mol. The molecule has 0 radical (unpaired) electrons. The van der Waals surface area contributed by atoms with E-state index in [4.69, 9.17) is 4.74 Å². The lowest BCUT2D eigenvalue weighted by Crippen LogP contribution is -2.47. The monoisotopic (exact) mass is 411 g/mol. The van der Waals surface area contributed by atoms with Crippen molar-refractivity contribution in [2.75, 3.05) is 33.4 Å². The lowest BCUT2D eigenvalue weighted by molar-refractivity contribution is -0.139. The van der Waals surface area contributed by atoms with Crippen molar-refractivity contribution in [1.29, 1.82) is 0 Å². The normalized spacial score (nSPS) is 17.5. The topological polar surface area (TPSA) is 105 Å². The minimum absolute atomic E-state index is 0.106. The fourth-order valence-electron chi connectivity index (χ4n) is 3.23. The minimum atomic E-state index is -3.66. The van der Waals surface area contributed by atoms with Crippen LogP contribution in [0, 0.1) is 13.8 Å². The van der Waals surface area contributed by atoms with Crippen molar-refractivity contribution in [1.82, 2.24) is 14.9 Å². The number of nitrogens with zero attached hydrogens (tertiary/aromatic N) is 1. The summed E-state index contributed by atoms with van der Waals surface area (Å²) in [5, 5.41) is 5.07. The maximum Gasteiger partial charge on any atom is 0.309 e. The van der Waals surface area contributed by atoms with Gasteiger partial charge in [-0.2, -0.15) is 4.31 Å². The first kappa shape index (κ1) is 22.3. The van der Waals surface area contributed by atoms with Crippen LogP contribution in [-0.2, 0) is 24.3 Å². The van der Waals surface area contributed by atoms with Crippen LogP contribution in [-0.4, -0.2) is 63.9 Å². The standard InChI is InChI=1S/C19H29N3O5S/c1-14-7-8-15(2)17(12-14)28(25,26)22-10-4-6-16(22)13-21-19(24)18(23)20-9-5-11-27-3/h7-8,12,16H,4-6,9-11,13H2,1-3H3,(H,20,23)(H,21,24)/t16-/m0/s1. The summed E-state index contributed by atoms with van der Waals surface area (Å²) in [5.74, 6) is -1.48. The number of rotatable bonds is 8. The van der Waals surface area contributed by atoms with Gasteiger partial charge in [0.1, 0.15) is 0 Å². The molecule has 1 saturated heterocycles. The van der Waals surface area contributed by atoms with Gasteiger partial charge in [0.15, 0.2) is 0 Å². The molecular weight excluding hydrogens is 382 g/mol. The smallest absolute Gasteiger partial charge is 0.309 e. The number of sulfonamides is 1. The molecule has 1 aromatic rings. The van der Waals surface area contributed by atoms with Crippen LogP contribution < -0.4 is 10.6 Å². The second-order valence-corrected chi connectivity index (χ2v) is 8.85. The molecule has 156 valence electrons. The fourth-order valence-corrected chi connectivity index (χ4v) is 5.23. The van der Waals surface area contributed by atoms with E-state index in [-0.39, 0.29) is 12.6 Å². The summed E-state index contributed by atoms with van der Waals surface area (Å²) in [6.07, 6.45) is 1.97. The van der Waals surface area contributed by atoms with E-state index in [1.165, 1.54) is 4.31 Å². The first-order valence-electron chi connectivity index (χ1n) is 9.41. The summed E-state index contributed by atoms with van der Waals surface area (Å²) in [4.78, 5) is 24.1. The van der Waals surface area contributed by atoms with E-state index in [0.717, 1.165) is 5.56 Å². The Labute approximate surface area is 166 Å². The van der Waals surface area contributed by atoms with Gasteiger partial charge in [0.05, 0.1) is 4.90 Å². The lowest BCUT2D eigenvalue weighted by Gasteiger charge is -2.25. The lowest BCUT2D eigenvalue weighted by atomic mass is 10.2. The molecule has 2 amide bonds. The van der Waals surface area contributed by atoms with Crippen LogP contribution in [0.4, 0.5) is 0 Å². The van der Waals surface area contributed by atoms with Gasteiger partial charge in [-0.05, 0) is 50.3 Å². The molecule has 0 spiro atoms. The Kier molecular flexibility index (Phi) is 7.97. The molecule has 1 atom stereocenters. The molecule has 0 aliphatic carbocycles. The van der Waals surface area contributed by atoms with Gasteiger partial charge in [-0.3, -0.25) is 9.59 Å². The number of ether oxygens (including phenoxy) is 1. The minimum Gasteiger partial charge on any atom is -0.385 e. The van der Waals surface area contributed by atoms with E-state index < -0.39 is 21.8 Å². The Morgan fingerprint density at radius 2 is 1.93 bits per heavy atom. The summed E-state index contributed by atoms with van der Waals surface area (Å²) < 4.78 is 32.6. The molecule has 9 heteroatoms. The zero-order valence-corrected chi connectivity index (χ0v) is 17.5. The Morgan fingerprint density at radius 3 is 2.64 bits per heavy atom. The molecule has 1 aliphatic heterocycles. The summed E-state index contributed by atoms with van der Waals surface area (Å²) in [6.45, 7) is 4.97. The van der Waals surface area contributed by atoms with Crippen molar-refractivity contribution in [2.45, 2.75) is 44.0 Å². The Hall–Kier alpha value is -1.97. The van der Waals surface area contributed by atoms with Crippen LogP contribution in [0.3, 0.4) is 0 Å². The number of benzene rings is 1. The number of nitrogens with one attached hydrogen (secondary N) is 2. The zero-order valence-electron chi connectivity index (χ0n) is 16.7. The van der Waals surface area contributed by atoms with Crippen LogP contribution in [0.1, 0.15) is 30.4 Å². The van der Waals surface area contributed by atoms with Gasteiger partial charge in [0, 0.05) is 39.4 Å². The number of hydrogen-bond donors (Lipinski definition) is 2. The van der Waals surface area contributed by atoms with E-state index in [2.05, 4.69) is 10.6 Å². The van der Waals surface area contributed by atoms with Crippen molar-refractivity contribution in [3.05, 3.63) is 29.3 Å². The van der Waals surface area contributed by atoms with Crippen LogP contribution >= 0.6 is 0 Å². The number of aryl methyl sites for hydroxylation is 2. The first-order chi connectivity index (χ1) is 13.3. The van der Waals surface area contributed by atoms with E-state index in [0.29, 0.717) is 49.4 Å². The predicted octanol–water partition coefficient (Wildman–Crippen LogP) is 0.725. The highest BCUT2D eigenvalue weighted by Crippen LogP contribution is 2.28. The van der Waals surface area contributed by atoms with Crippen molar-refractivity contribution >= 4 is 21.8 Å². The highest BCUT2D eigenvalue weighted by Gasteiger charge is 2.36. The number of amides is 2. The molecule has 2 N–H and O–H groups in total. The summed E-state index contributed by atoms with van der Waals surface area (Å²) >= 11 is 0. The number of methoxy groups -OCH3 is 1. The molecule has 0 unspecified atom stereocenters. The Bertz CT molecular complexity index is 810. The molecule has 8 nitrogen and oxygen atoms in total. The van der Waals surface area contributed by atoms with Crippen molar-refractivity contribution in [2.24, 2.45) is 0 Å². The van der Waals surface area contributed by atoms with E-state index in [1.807, 2.05) is 13.0 Å². The van der Waals surface area contributed by atoms with E-state index in [9.17, 15) is 18.0 Å². The fraction of sp³-hybridized carbons (Fsp3) is 0.579. The third kappa shape index (κ3) is 5.52. The molecular formula is C19H29N3O5S. The summed E-state index contributed by atoms with van der Waals surface area (Å²) in [7, 11) is -2.10. The summed E-state index contributed by atoms with van der Waals surface area (Å²) in [5.41, 5.74) is 1.56. The molecule has 1 heterocycles. The number of carbonyl (C=O) groups is 2. The number of carbonyl (C=O) groups excluding carboxylic acids is 2. The molecule has 0 saturated carbocycles. The Balaban J connectivity index is 1.98. The van der Waals surface area contributed by atoms with Crippen LogP contribution in [0.15, 0.2) is 23.1 Å². The van der Waals surface area contributed by atoms with Crippen LogP contribution in [0.5, 0.6) is 0 Å². The van der Waals surface area contributed by atoms with Crippen molar-refractivity contribution in [3.63, 3.8) is 0 Å². The first-order valence-corrected chi connectivity index (χ1v) is 10.9. The van der Waals surface area contributed by atoms with Gasteiger partial charge in [-0.15, -0.1) is 0 Å². The van der Waals surface area contributed by atoms with Gasteiger partial charge in [-0.1, -0.05) is 12.1 Å². The second-order valence-electron chi connectivity index (χ2n) is 6.99. The third-order valence-corrected chi connectivity index (χ3v) is 6.86. The van der Waals surface area contributed by atoms with Crippen LogP contribution in [0.2, 0.25) is 0 Å². The van der Waals surface area contributed by atoms with Crippen LogP contribution in [0.25, 0.3) is 0 Å². The third-order valence-electron chi connectivity index (χ3n) is 4.77. The second kappa shape index (κ2) is 9.99. The molecule has 2 rings (SSSR count). The van der Waals surface area contributed by atoms with Gasteiger partial charge in [0.2, 0.25) is 10.0 Å². The molecule has 1 aliphatic rings. The average Bonchev–Trinajstić information content (AvgIpc) is 3.14. The number of hydrogen-bond acceptors (Lipinski definition) is 5. The summed E-state index contributed by atoms with van der Waals surface area (Å²) in [6, 6.07) is 4.98. The molecule has 1 aromatic carbocycles. The van der Waals surface area contributed by atoms with E-state index in [1.54, 1.807) is 26.2 Å². The maximum atomic E-state index is 13.1. The maximum absolute atomic E-state index is 13.1. The predicted molar refractivity (Wildman–Crippen MR) is 105 cm³/mol. The molecule has 1 fully saturated rings. The van der Waals surface area contributed by atoms with Gasteiger partial charge in [0.25, 0.3) is 0 Å². The van der Waals surface area contributed by atoms with Gasteiger partial charge >= 0.3 is 11.8 Å². The molecule has 28 heavy (non-hydrogen) atoms. The van der Waals surface area contributed by atoms with E-state index >= 15 is 0 Å². The highest BCUT2D eigenvalue weighted by molar-refractivity contribution is 7.89.